The van der Waals surface area contributed by atoms with Crippen molar-refractivity contribution in [2.45, 2.75) is 19.8 Å². The first-order valence-corrected chi connectivity index (χ1v) is 5.15. The number of carbonyl (C=O) groups is 1. The lowest BCUT2D eigenvalue weighted by atomic mass is 9.95. The van der Waals surface area contributed by atoms with E-state index in [4.69, 9.17) is 10.00 Å². The van der Waals surface area contributed by atoms with Crippen LogP contribution in [0.15, 0.2) is 18.2 Å². The molecule has 16 heavy (non-hydrogen) atoms. The molecule has 84 valence electrons. The zero-order chi connectivity index (χ0) is 12.0. The van der Waals surface area contributed by atoms with Gasteiger partial charge in [-0.3, -0.25) is 4.79 Å². The highest BCUT2D eigenvalue weighted by Crippen LogP contribution is 2.16. The third-order valence-electron chi connectivity index (χ3n) is 2.39. The second-order valence-corrected chi connectivity index (χ2v) is 3.40. The van der Waals surface area contributed by atoms with Crippen LogP contribution < -0.4 is 4.74 Å². The molecule has 0 N–H and O–H groups in total. The summed E-state index contributed by atoms with van der Waals surface area (Å²) < 4.78 is 4.95. The molecule has 1 atom stereocenters. The molecule has 1 unspecified atom stereocenters. The van der Waals surface area contributed by atoms with Gasteiger partial charge in [0, 0.05) is 18.4 Å². The molecule has 0 spiro atoms. The van der Waals surface area contributed by atoms with Gasteiger partial charge in [-0.05, 0) is 12.5 Å². The maximum Gasteiger partial charge on any atom is 0.213 e. The molecule has 0 fully saturated rings. The number of nitrogens with zero attached hydrogens (tertiary/aromatic N) is 2. The van der Waals surface area contributed by atoms with Crippen LogP contribution in [-0.4, -0.2) is 17.9 Å². The van der Waals surface area contributed by atoms with Crippen LogP contribution >= 0.6 is 0 Å². The van der Waals surface area contributed by atoms with E-state index < -0.39 is 0 Å². The van der Waals surface area contributed by atoms with Gasteiger partial charge in [-0.2, -0.15) is 5.26 Å². The normalized spacial score (nSPS) is 11.6. The molecule has 1 aromatic heterocycles. The van der Waals surface area contributed by atoms with Crippen molar-refractivity contribution in [2.75, 3.05) is 7.11 Å². The van der Waals surface area contributed by atoms with Gasteiger partial charge >= 0.3 is 0 Å². The molecule has 0 saturated carbocycles. The molecule has 0 aliphatic heterocycles. The lowest BCUT2D eigenvalue weighted by Crippen LogP contribution is -2.15. The van der Waals surface area contributed by atoms with Gasteiger partial charge in [-0.15, -0.1) is 0 Å². The van der Waals surface area contributed by atoms with Gasteiger partial charge in [0.1, 0.15) is 5.69 Å². The summed E-state index contributed by atoms with van der Waals surface area (Å²) >= 11 is 0. The second-order valence-electron chi connectivity index (χ2n) is 3.40. The monoisotopic (exact) mass is 218 g/mol. The van der Waals surface area contributed by atoms with Gasteiger partial charge in [0.25, 0.3) is 0 Å². The third kappa shape index (κ3) is 2.80. The maximum atomic E-state index is 12.0. The fraction of sp³-hybridized carbons (Fsp3) is 0.417. The number of ether oxygens (including phenoxy) is 1. The van der Waals surface area contributed by atoms with Crippen molar-refractivity contribution in [3.8, 4) is 11.9 Å². The van der Waals surface area contributed by atoms with Crippen molar-refractivity contribution in [1.29, 1.82) is 5.26 Å². The summed E-state index contributed by atoms with van der Waals surface area (Å²) in [7, 11) is 1.50. The molecule has 0 amide bonds. The zero-order valence-corrected chi connectivity index (χ0v) is 9.43. The molecular weight excluding hydrogens is 204 g/mol. The van der Waals surface area contributed by atoms with Crippen LogP contribution in [0.1, 0.15) is 30.3 Å². The molecule has 4 nitrogen and oxygen atoms in total. The van der Waals surface area contributed by atoms with E-state index in [1.807, 2.05) is 13.0 Å². The molecule has 0 bridgehead atoms. The summed E-state index contributed by atoms with van der Waals surface area (Å²) in [6.07, 6.45) is 0.875. The molecular formula is C12H14N2O2. The van der Waals surface area contributed by atoms with Crippen LogP contribution in [0.25, 0.3) is 0 Å². The first kappa shape index (κ1) is 12.2. The van der Waals surface area contributed by atoms with E-state index in [0.717, 1.165) is 0 Å². The Bertz CT molecular complexity index is 410. The number of nitriles is 1. The standard InChI is InChI=1S/C12H14N2O2/c1-3-9(7-8-13)12(15)10-5-4-6-11(14-10)16-2/h4-6,9H,3,7H2,1-2H3. The van der Waals surface area contributed by atoms with Crippen molar-refractivity contribution in [3.05, 3.63) is 23.9 Å². The van der Waals surface area contributed by atoms with Gasteiger partial charge in [0.15, 0.2) is 5.78 Å². The highest BCUT2D eigenvalue weighted by molar-refractivity contribution is 5.96. The fourth-order valence-corrected chi connectivity index (χ4v) is 1.41. The Morgan fingerprint density at radius 2 is 2.38 bits per heavy atom. The molecule has 0 aliphatic carbocycles. The molecule has 0 radical (unpaired) electrons. The molecule has 1 heterocycles. The van der Waals surface area contributed by atoms with E-state index in [9.17, 15) is 4.79 Å². The Labute approximate surface area is 94.9 Å². The first-order chi connectivity index (χ1) is 7.72. The van der Waals surface area contributed by atoms with E-state index in [-0.39, 0.29) is 18.1 Å². The number of hydrogen-bond acceptors (Lipinski definition) is 4. The number of carbonyl (C=O) groups excluding carboxylic acids is 1. The van der Waals surface area contributed by atoms with E-state index in [1.54, 1.807) is 18.2 Å². The smallest absolute Gasteiger partial charge is 0.213 e. The third-order valence-corrected chi connectivity index (χ3v) is 2.39. The number of aromatic nitrogens is 1. The average molecular weight is 218 g/mol. The van der Waals surface area contributed by atoms with Crippen molar-refractivity contribution in [1.82, 2.24) is 4.98 Å². The van der Waals surface area contributed by atoms with E-state index in [1.165, 1.54) is 7.11 Å². The summed E-state index contributed by atoms with van der Waals surface area (Å²) in [4.78, 5) is 16.0. The highest BCUT2D eigenvalue weighted by Gasteiger charge is 2.19. The predicted molar refractivity (Wildman–Crippen MR) is 59.1 cm³/mol. The van der Waals surface area contributed by atoms with E-state index in [0.29, 0.717) is 18.0 Å². The van der Waals surface area contributed by atoms with Crippen LogP contribution in [0.5, 0.6) is 5.88 Å². The Kier molecular flexibility index (Phi) is 4.46. The Hall–Kier alpha value is -1.89. The molecule has 0 saturated heterocycles. The maximum absolute atomic E-state index is 12.0. The Morgan fingerprint density at radius 3 is 2.94 bits per heavy atom. The van der Waals surface area contributed by atoms with Crippen LogP contribution in [-0.2, 0) is 0 Å². The van der Waals surface area contributed by atoms with E-state index in [2.05, 4.69) is 4.98 Å². The minimum absolute atomic E-state index is 0.0945. The van der Waals surface area contributed by atoms with Gasteiger partial charge in [-0.1, -0.05) is 13.0 Å². The van der Waals surface area contributed by atoms with Crippen molar-refractivity contribution in [2.24, 2.45) is 5.92 Å². The molecule has 0 aliphatic rings. The molecule has 4 heteroatoms. The zero-order valence-electron chi connectivity index (χ0n) is 9.43. The largest absolute Gasteiger partial charge is 0.481 e. The molecule has 1 rings (SSSR count). The predicted octanol–water partition coefficient (Wildman–Crippen LogP) is 2.21. The fourth-order valence-electron chi connectivity index (χ4n) is 1.41. The summed E-state index contributed by atoms with van der Waals surface area (Å²) in [6, 6.07) is 7.06. The van der Waals surface area contributed by atoms with E-state index >= 15 is 0 Å². The van der Waals surface area contributed by atoms with Gasteiger partial charge in [0.2, 0.25) is 5.88 Å². The minimum atomic E-state index is -0.274. The van der Waals surface area contributed by atoms with Crippen LogP contribution in [0.4, 0.5) is 0 Å². The Balaban J connectivity index is 2.90. The number of ketones is 1. The number of methoxy groups -OCH3 is 1. The average Bonchev–Trinajstić information content (AvgIpc) is 2.35. The summed E-state index contributed by atoms with van der Waals surface area (Å²) in [5.74, 6) is 0.0465. The lowest BCUT2D eigenvalue weighted by molar-refractivity contribution is 0.0912. The van der Waals surface area contributed by atoms with Crippen molar-refractivity contribution < 1.29 is 9.53 Å². The molecule has 0 aromatic carbocycles. The van der Waals surface area contributed by atoms with Crippen molar-refractivity contribution >= 4 is 5.78 Å². The Morgan fingerprint density at radius 1 is 1.62 bits per heavy atom. The topological polar surface area (TPSA) is 63.0 Å². The number of hydrogen-bond donors (Lipinski definition) is 0. The van der Waals surface area contributed by atoms with Crippen molar-refractivity contribution in [3.63, 3.8) is 0 Å². The number of Topliss-reactive ketones (excluding diaryl/α,β-unsaturated/α-hetero) is 1. The van der Waals surface area contributed by atoms with Crippen LogP contribution in [0.3, 0.4) is 0 Å². The minimum Gasteiger partial charge on any atom is -0.481 e. The van der Waals surface area contributed by atoms with Crippen LogP contribution in [0, 0.1) is 17.2 Å². The SMILES string of the molecule is CCC(CC#N)C(=O)c1cccc(OC)n1. The summed E-state index contributed by atoms with van der Waals surface area (Å²) in [6.45, 7) is 1.89. The van der Waals surface area contributed by atoms with Gasteiger partial charge in [0.05, 0.1) is 13.2 Å². The number of rotatable bonds is 5. The summed E-state index contributed by atoms with van der Waals surface area (Å²) in [5.41, 5.74) is 0.362. The van der Waals surface area contributed by atoms with Gasteiger partial charge in [-0.25, -0.2) is 4.98 Å². The second kappa shape index (κ2) is 5.86. The summed E-state index contributed by atoms with van der Waals surface area (Å²) in [5, 5.41) is 8.62. The molecule has 1 aromatic rings. The number of pyridine rings is 1. The first-order valence-electron chi connectivity index (χ1n) is 5.15. The lowest BCUT2D eigenvalue weighted by Gasteiger charge is -2.09. The quantitative estimate of drug-likeness (QED) is 0.711. The van der Waals surface area contributed by atoms with Crippen LogP contribution in [0.2, 0.25) is 0 Å². The highest BCUT2D eigenvalue weighted by atomic mass is 16.5. The van der Waals surface area contributed by atoms with Gasteiger partial charge < -0.3 is 4.74 Å².